The van der Waals surface area contributed by atoms with Crippen molar-refractivity contribution in [2.75, 3.05) is 6.61 Å². The normalized spacial score (nSPS) is 32.8. The van der Waals surface area contributed by atoms with Gasteiger partial charge in [0.25, 0.3) is 0 Å². The van der Waals surface area contributed by atoms with Crippen molar-refractivity contribution in [2.45, 2.75) is 40.0 Å². The van der Waals surface area contributed by atoms with E-state index in [2.05, 4.69) is 0 Å². The van der Waals surface area contributed by atoms with Gasteiger partial charge in [0.15, 0.2) is 5.78 Å². The van der Waals surface area contributed by atoms with Crippen molar-refractivity contribution >= 4 is 11.8 Å². The number of hydrogen-bond acceptors (Lipinski definition) is 3. The molecule has 1 aliphatic carbocycles. The van der Waals surface area contributed by atoms with Gasteiger partial charge in [0.05, 0.1) is 6.61 Å². The monoisotopic (exact) mass is 198 g/mol. The van der Waals surface area contributed by atoms with Gasteiger partial charge >= 0.3 is 5.97 Å². The molecule has 14 heavy (non-hydrogen) atoms. The van der Waals surface area contributed by atoms with Gasteiger partial charge in [-0.1, -0.05) is 13.3 Å². The van der Waals surface area contributed by atoms with Crippen LogP contribution in [-0.4, -0.2) is 18.4 Å². The van der Waals surface area contributed by atoms with Gasteiger partial charge in [0.1, 0.15) is 5.41 Å². The maximum absolute atomic E-state index is 11.9. The first-order valence-electron chi connectivity index (χ1n) is 5.24. The first-order chi connectivity index (χ1) is 6.52. The number of Topliss-reactive ketones (excluding diaryl/α,β-unsaturated/α-hetero) is 1. The highest BCUT2D eigenvalue weighted by Crippen LogP contribution is 2.36. The fourth-order valence-corrected chi connectivity index (χ4v) is 2.05. The summed E-state index contributed by atoms with van der Waals surface area (Å²) in [5.41, 5.74) is -0.881. The lowest BCUT2D eigenvalue weighted by Gasteiger charge is -2.32. The number of carbonyl (C=O) groups is 2. The molecule has 1 fully saturated rings. The SMILES string of the molecule is CCOC(=O)[C@@]1(C)CCC[C@H](C)C1=O. The zero-order chi connectivity index (χ0) is 10.8. The zero-order valence-electron chi connectivity index (χ0n) is 9.13. The van der Waals surface area contributed by atoms with E-state index in [1.807, 2.05) is 6.92 Å². The fourth-order valence-electron chi connectivity index (χ4n) is 2.05. The Kier molecular flexibility index (Phi) is 3.29. The van der Waals surface area contributed by atoms with Gasteiger partial charge < -0.3 is 4.74 Å². The summed E-state index contributed by atoms with van der Waals surface area (Å²) in [6.07, 6.45) is 2.46. The summed E-state index contributed by atoms with van der Waals surface area (Å²) in [6.45, 7) is 5.70. The number of ether oxygens (including phenoxy) is 1. The molecule has 0 aliphatic heterocycles. The second kappa shape index (κ2) is 4.11. The van der Waals surface area contributed by atoms with Crippen LogP contribution in [0.5, 0.6) is 0 Å². The van der Waals surface area contributed by atoms with Crippen LogP contribution in [-0.2, 0) is 14.3 Å². The summed E-state index contributed by atoms with van der Waals surface area (Å²) in [5, 5.41) is 0. The first kappa shape index (κ1) is 11.2. The summed E-state index contributed by atoms with van der Waals surface area (Å²) in [6, 6.07) is 0. The zero-order valence-corrected chi connectivity index (χ0v) is 9.13. The van der Waals surface area contributed by atoms with E-state index >= 15 is 0 Å². The predicted molar refractivity (Wildman–Crippen MR) is 52.8 cm³/mol. The summed E-state index contributed by atoms with van der Waals surface area (Å²) in [7, 11) is 0. The number of esters is 1. The molecule has 0 aromatic carbocycles. The molecule has 80 valence electrons. The van der Waals surface area contributed by atoms with Crippen molar-refractivity contribution in [3.63, 3.8) is 0 Å². The van der Waals surface area contributed by atoms with Crippen LogP contribution >= 0.6 is 0 Å². The van der Waals surface area contributed by atoms with Crippen molar-refractivity contribution in [3.8, 4) is 0 Å². The quantitative estimate of drug-likeness (QED) is 0.503. The second-order valence-corrected chi connectivity index (χ2v) is 4.21. The molecule has 2 atom stereocenters. The molecule has 0 unspecified atom stereocenters. The smallest absolute Gasteiger partial charge is 0.319 e. The maximum Gasteiger partial charge on any atom is 0.319 e. The lowest BCUT2D eigenvalue weighted by atomic mass is 9.70. The maximum atomic E-state index is 11.9. The molecule has 0 aromatic heterocycles. The van der Waals surface area contributed by atoms with E-state index in [9.17, 15) is 9.59 Å². The molecule has 3 heteroatoms. The van der Waals surface area contributed by atoms with Crippen molar-refractivity contribution in [1.29, 1.82) is 0 Å². The van der Waals surface area contributed by atoms with Crippen LogP contribution in [0, 0.1) is 11.3 Å². The van der Waals surface area contributed by atoms with E-state index in [1.165, 1.54) is 0 Å². The average molecular weight is 198 g/mol. The highest BCUT2D eigenvalue weighted by molar-refractivity contribution is 6.04. The lowest BCUT2D eigenvalue weighted by molar-refractivity contribution is -0.162. The van der Waals surface area contributed by atoms with Crippen molar-refractivity contribution in [2.24, 2.45) is 11.3 Å². The Balaban J connectivity index is 2.80. The molecule has 0 saturated heterocycles. The van der Waals surface area contributed by atoms with Crippen molar-refractivity contribution < 1.29 is 14.3 Å². The molecule has 1 rings (SSSR count). The highest BCUT2D eigenvalue weighted by atomic mass is 16.5. The van der Waals surface area contributed by atoms with Gasteiger partial charge in [-0.3, -0.25) is 9.59 Å². The van der Waals surface area contributed by atoms with E-state index in [4.69, 9.17) is 4.74 Å². The summed E-state index contributed by atoms with van der Waals surface area (Å²) in [5.74, 6) is -0.308. The molecule has 0 N–H and O–H groups in total. The Labute approximate surface area is 84.8 Å². The van der Waals surface area contributed by atoms with Gasteiger partial charge in [-0.05, 0) is 26.7 Å². The van der Waals surface area contributed by atoms with Crippen LogP contribution < -0.4 is 0 Å². The average Bonchev–Trinajstić information content (AvgIpc) is 2.14. The first-order valence-corrected chi connectivity index (χ1v) is 5.24. The summed E-state index contributed by atoms with van der Waals surface area (Å²) >= 11 is 0. The molecule has 0 bridgehead atoms. The summed E-state index contributed by atoms with van der Waals surface area (Å²) in [4.78, 5) is 23.5. The largest absolute Gasteiger partial charge is 0.465 e. The predicted octanol–water partition coefficient (Wildman–Crippen LogP) is 1.94. The van der Waals surface area contributed by atoms with Crippen LogP contribution in [0.25, 0.3) is 0 Å². The van der Waals surface area contributed by atoms with Gasteiger partial charge in [-0.2, -0.15) is 0 Å². The number of hydrogen-bond donors (Lipinski definition) is 0. The Morgan fingerprint density at radius 1 is 1.64 bits per heavy atom. The molecular weight excluding hydrogens is 180 g/mol. The molecule has 0 spiro atoms. The molecule has 3 nitrogen and oxygen atoms in total. The van der Waals surface area contributed by atoms with E-state index in [0.29, 0.717) is 13.0 Å². The Hall–Kier alpha value is -0.860. The topological polar surface area (TPSA) is 43.4 Å². The van der Waals surface area contributed by atoms with E-state index < -0.39 is 5.41 Å². The molecule has 1 aliphatic rings. The minimum Gasteiger partial charge on any atom is -0.465 e. The number of ketones is 1. The number of carbonyl (C=O) groups excluding carboxylic acids is 2. The van der Waals surface area contributed by atoms with Gasteiger partial charge in [0.2, 0.25) is 0 Å². The standard InChI is InChI=1S/C11H18O3/c1-4-14-10(13)11(3)7-5-6-8(2)9(11)12/h8H,4-7H2,1-3H3/t8-,11-/m0/s1. The number of rotatable bonds is 2. The minimum absolute atomic E-state index is 0.00171. The van der Waals surface area contributed by atoms with Gasteiger partial charge in [-0.25, -0.2) is 0 Å². The third-order valence-corrected chi connectivity index (χ3v) is 3.03. The highest BCUT2D eigenvalue weighted by Gasteiger charge is 2.46. The van der Waals surface area contributed by atoms with Gasteiger partial charge in [-0.15, -0.1) is 0 Å². The third kappa shape index (κ3) is 1.81. The Bertz CT molecular complexity index is 247. The lowest BCUT2D eigenvalue weighted by Crippen LogP contribution is -2.43. The van der Waals surface area contributed by atoms with E-state index in [0.717, 1.165) is 12.8 Å². The van der Waals surface area contributed by atoms with Crippen LogP contribution in [0.4, 0.5) is 0 Å². The van der Waals surface area contributed by atoms with Crippen LogP contribution in [0.15, 0.2) is 0 Å². The Morgan fingerprint density at radius 2 is 2.29 bits per heavy atom. The van der Waals surface area contributed by atoms with E-state index in [1.54, 1.807) is 13.8 Å². The van der Waals surface area contributed by atoms with Crippen molar-refractivity contribution in [1.82, 2.24) is 0 Å². The molecule has 0 aromatic rings. The molecule has 0 amide bonds. The van der Waals surface area contributed by atoms with E-state index in [-0.39, 0.29) is 17.7 Å². The van der Waals surface area contributed by atoms with Crippen LogP contribution in [0.1, 0.15) is 40.0 Å². The van der Waals surface area contributed by atoms with Crippen LogP contribution in [0.2, 0.25) is 0 Å². The Morgan fingerprint density at radius 3 is 2.86 bits per heavy atom. The molecule has 1 saturated carbocycles. The summed E-state index contributed by atoms with van der Waals surface area (Å²) < 4.78 is 4.94. The third-order valence-electron chi connectivity index (χ3n) is 3.03. The molecule has 0 radical (unpaired) electrons. The van der Waals surface area contributed by atoms with Crippen LogP contribution in [0.3, 0.4) is 0 Å². The van der Waals surface area contributed by atoms with Gasteiger partial charge in [0, 0.05) is 5.92 Å². The minimum atomic E-state index is -0.881. The fraction of sp³-hybridized carbons (Fsp3) is 0.818. The molecular formula is C11H18O3. The second-order valence-electron chi connectivity index (χ2n) is 4.21. The molecule has 0 heterocycles. The van der Waals surface area contributed by atoms with Crippen molar-refractivity contribution in [3.05, 3.63) is 0 Å².